The maximum absolute atomic E-state index is 12.2. The van der Waals surface area contributed by atoms with Gasteiger partial charge in [-0.1, -0.05) is 19.9 Å². The zero-order valence-electron chi connectivity index (χ0n) is 12.5. The van der Waals surface area contributed by atoms with Crippen LogP contribution in [0, 0.1) is 0 Å². The van der Waals surface area contributed by atoms with Gasteiger partial charge in [0.05, 0.1) is 11.4 Å². The molecule has 1 aromatic rings. The first-order chi connectivity index (χ1) is 9.97. The molecule has 1 amide bonds. The van der Waals surface area contributed by atoms with Gasteiger partial charge in [0.2, 0.25) is 10.0 Å². The smallest absolute Gasteiger partial charge is 0.251 e. The molecule has 1 aliphatic rings. The van der Waals surface area contributed by atoms with Gasteiger partial charge in [0.1, 0.15) is 0 Å². The van der Waals surface area contributed by atoms with Crippen LogP contribution in [0.3, 0.4) is 0 Å². The molecule has 0 saturated carbocycles. The van der Waals surface area contributed by atoms with Crippen molar-refractivity contribution >= 4 is 21.6 Å². The van der Waals surface area contributed by atoms with E-state index >= 15 is 0 Å². The lowest BCUT2D eigenvalue weighted by atomic mass is 10.1. The molecule has 1 aliphatic heterocycles. The van der Waals surface area contributed by atoms with Crippen LogP contribution in [-0.4, -0.2) is 32.7 Å². The van der Waals surface area contributed by atoms with E-state index in [1.807, 2.05) is 13.8 Å². The molecule has 1 heterocycles. The van der Waals surface area contributed by atoms with Gasteiger partial charge >= 0.3 is 0 Å². The Morgan fingerprint density at radius 2 is 2.05 bits per heavy atom. The summed E-state index contributed by atoms with van der Waals surface area (Å²) in [5.41, 5.74) is 1.08. The van der Waals surface area contributed by atoms with E-state index in [4.69, 9.17) is 0 Å². The summed E-state index contributed by atoms with van der Waals surface area (Å²) in [4.78, 5) is 12.2. The second-order valence-electron chi connectivity index (χ2n) is 5.28. The summed E-state index contributed by atoms with van der Waals surface area (Å²) in [5, 5.41) is 2.96. The minimum atomic E-state index is -3.21. The number of anilines is 1. The van der Waals surface area contributed by atoms with E-state index in [0.717, 1.165) is 12.8 Å². The zero-order valence-corrected chi connectivity index (χ0v) is 13.3. The number of hydrogen-bond donors (Lipinski definition) is 1. The summed E-state index contributed by atoms with van der Waals surface area (Å²) < 4.78 is 25.3. The number of rotatable bonds is 5. The normalized spacial score (nSPS) is 17.2. The van der Waals surface area contributed by atoms with E-state index in [2.05, 4.69) is 5.32 Å². The van der Waals surface area contributed by atoms with Crippen LogP contribution >= 0.6 is 0 Å². The van der Waals surface area contributed by atoms with Crippen molar-refractivity contribution in [3.8, 4) is 0 Å². The molecule has 0 bridgehead atoms. The number of nitrogens with one attached hydrogen (secondary N) is 1. The van der Waals surface area contributed by atoms with Crippen molar-refractivity contribution in [1.82, 2.24) is 5.32 Å². The van der Waals surface area contributed by atoms with Gasteiger partial charge in [-0.3, -0.25) is 9.10 Å². The van der Waals surface area contributed by atoms with Crippen molar-refractivity contribution in [2.45, 2.75) is 39.2 Å². The average Bonchev–Trinajstić information content (AvgIpc) is 2.84. The molecule has 1 N–H and O–H groups in total. The molecule has 116 valence electrons. The standard InChI is InChI=1S/C15H22N2O3S/c1-3-13(4-2)16-15(18)12-7-5-8-14(11-12)17-9-6-10-21(17,19)20/h5,7-8,11,13H,3-4,6,9-10H2,1-2H3,(H,16,18). The lowest BCUT2D eigenvalue weighted by Crippen LogP contribution is -2.34. The number of nitrogens with zero attached hydrogens (tertiary/aromatic N) is 1. The number of carbonyl (C=O) groups is 1. The monoisotopic (exact) mass is 310 g/mol. The largest absolute Gasteiger partial charge is 0.349 e. The van der Waals surface area contributed by atoms with Crippen molar-refractivity contribution in [2.24, 2.45) is 0 Å². The van der Waals surface area contributed by atoms with Crippen LogP contribution in [0.2, 0.25) is 0 Å². The molecule has 1 aromatic carbocycles. The molecule has 0 spiro atoms. The number of benzene rings is 1. The third kappa shape index (κ3) is 3.56. The maximum Gasteiger partial charge on any atom is 0.251 e. The molecule has 5 nitrogen and oxygen atoms in total. The molecule has 21 heavy (non-hydrogen) atoms. The molecule has 0 aliphatic carbocycles. The molecular weight excluding hydrogens is 288 g/mol. The Bertz CT molecular complexity index is 609. The first-order valence-corrected chi connectivity index (χ1v) is 9.00. The summed E-state index contributed by atoms with van der Waals surface area (Å²) in [6.07, 6.45) is 2.39. The van der Waals surface area contributed by atoms with Crippen LogP contribution in [0.1, 0.15) is 43.5 Å². The summed E-state index contributed by atoms with van der Waals surface area (Å²) in [5.74, 6) is 0.0270. The van der Waals surface area contributed by atoms with Gasteiger partial charge in [0.15, 0.2) is 0 Å². The molecule has 2 rings (SSSR count). The fraction of sp³-hybridized carbons (Fsp3) is 0.533. The highest BCUT2D eigenvalue weighted by atomic mass is 32.2. The molecule has 1 saturated heterocycles. The summed E-state index contributed by atoms with van der Waals surface area (Å²) in [7, 11) is -3.21. The maximum atomic E-state index is 12.2. The summed E-state index contributed by atoms with van der Waals surface area (Å²) in [6.45, 7) is 4.54. The first kappa shape index (κ1) is 15.8. The third-order valence-electron chi connectivity index (χ3n) is 3.82. The van der Waals surface area contributed by atoms with Crippen molar-refractivity contribution in [3.05, 3.63) is 29.8 Å². The third-order valence-corrected chi connectivity index (χ3v) is 5.69. The lowest BCUT2D eigenvalue weighted by Gasteiger charge is -2.18. The van der Waals surface area contributed by atoms with E-state index in [1.165, 1.54) is 4.31 Å². The topological polar surface area (TPSA) is 66.5 Å². The Labute approximate surface area is 126 Å². The molecule has 1 fully saturated rings. The molecule has 0 radical (unpaired) electrons. The number of sulfonamides is 1. The Morgan fingerprint density at radius 3 is 2.62 bits per heavy atom. The van der Waals surface area contributed by atoms with Crippen molar-refractivity contribution in [1.29, 1.82) is 0 Å². The molecule has 0 unspecified atom stereocenters. The fourth-order valence-corrected chi connectivity index (χ4v) is 4.05. The molecule has 0 atom stereocenters. The minimum absolute atomic E-state index is 0.150. The van der Waals surface area contributed by atoms with E-state index in [1.54, 1.807) is 24.3 Å². The zero-order chi connectivity index (χ0) is 15.5. The number of hydrogen-bond acceptors (Lipinski definition) is 3. The van der Waals surface area contributed by atoms with Crippen molar-refractivity contribution in [3.63, 3.8) is 0 Å². The van der Waals surface area contributed by atoms with E-state index in [9.17, 15) is 13.2 Å². The van der Waals surface area contributed by atoms with Gasteiger partial charge in [-0.2, -0.15) is 0 Å². The molecular formula is C15H22N2O3S. The SMILES string of the molecule is CCC(CC)NC(=O)c1cccc(N2CCCS2(=O)=O)c1. The van der Waals surface area contributed by atoms with Crippen molar-refractivity contribution < 1.29 is 13.2 Å². The second-order valence-corrected chi connectivity index (χ2v) is 7.29. The Hall–Kier alpha value is -1.56. The second kappa shape index (κ2) is 6.47. The fourth-order valence-electron chi connectivity index (χ4n) is 2.49. The van der Waals surface area contributed by atoms with Gasteiger partial charge in [-0.05, 0) is 37.5 Å². The van der Waals surface area contributed by atoms with E-state index < -0.39 is 10.0 Å². The van der Waals surface area contributed by atoms with Crippen LogP contribution in [0.25, 0.3) is 0 Å². The van der Waals surface area contributed by atoms with Gasteiger partial charge in [0, 0.05) is 18.2 Å². The summed E-state index contributed by atoms with van der Waals surface area (Å²) >= 11 is 0. The molecule has 0 aromatic heterocycles. The van der Waals surface area contributed by atoms with Crippen LogP contribution in [-0.2, 0) is 10.0 Å². The predicted molar refractivity (Wildman–Crippen MR) is 84.0 cm³/mol. The predicted octanol–water partition coefficient (Wildman–Crippen LogP) is 2.14. The van der Waals surface area contributed by atoms with Gasteiger partial charge in [-0.25, -0.2) is 8.42 Å². The van der Waals surface area contributed by atoms with Crippen molar-refractivity contribution in [2.75, 3.05) is 16.6 Å². The Balaban J connectivity index is 2.20. The lowest BCUT2D eigenvalue weighted by molar-refractivity contribution is 0.0935. The van der Waals surface area contributed by atoms with Gasteiger partial charge < -0.3 is 5.32 Å². The quantitative estimate of drug-likeness (QED) is 0.906. The Morgan fingerprint density at radius 1 is 1.33 bits per heavy atom. The van der Waals surface area contributed by atoms with Crippen LogP contribution < -0.4 is 9.62 Å². The first-order valence-electron chi connectivity index (χ1n) is 7.39. The Kier molecular flexibility index (Phi) is 4.88. The van der Waals surface area contributed by atoms with Gasteiger partial charge in [0.25, 0.3) is 5.91 Å². The van der Waals surface area contributed by atoms with Crippen LogP contribution in [0.15, 0.2) is 24.3 Å². The van der Waals surface area contributed by atoms with Crippen LogP contribution in [0.4, 0.5) is 5.69 Å². The highest BCUT2D eigenvalue weighted by molar-refractivity contribution is 7.93. The van der Waals surface area contributed by atoms with E-state index in [-0.39, 0.29) is 17.7 Å². The summed E-state index contributed by atoms with van der Waals surface area (Å²) in [6, 6.07) is 6.98. The number of amides is 1. The van der Waals surface area contributed by atoms with E-state index in [0.29, 0.717) is 24.2 Å². The van der Waals surface area contributed by atoms with Gasteiger partial charge in [-0.15, -0.1) is 0 Å². The minimum Gasteiger partial charge on any atom is -0.349 e. The van der Waals surface area contributed by atoms with Crippen LogP contribution in [0.5, 0.6) is 0 Å². The molecule has 6 heteroatoms. The highest BCUT2D eigenvalue weighted by Crippen LogP contribution is 2.24. The highest BCUT2D eigenvalue weighted by Gasteiger charge is 2.28. The number of carbonyl (C=O) groups excluding carboxylic acids is 1. The average molecular weight is 310 g/mol.